The summed E-state index contributed by atoms with van der Waals surface area (Å²) in [5.74, 6) is 0.933. The van der Waals surface area contributed by atoms with Crippen LogP contribution in [0.5, 0.6) is 0 Å². The van der Waals surface area contributed by atoms with E-state index in [1.165, 1.54) is 17.5 Å². The van der Waals surface area contributed by atoms with Gasteiger partial charge in [-0.25, -0.2) is 9.97 Å². The SMILES string of the molecule is c1cnc2nc(N3CCCCCC3(c3ccn4ccccc34)C3OCCO3)ccc2c1. The summed E-state index contributed by atoms with van der Waals surface area (Å²) in [6.45, 7) is 2.15. The van der Waals surface area contributed by atoms with Crippen molar-refractivity contribution in [1.29, 1.82) is 0 Å². The van der Waals surface area contributed by atoms with Crippen LogP contribution in [0.1, 0.15) is 31.2 Å². The Morgan fingerprint density at radius 3 is 2.77 bits per heavy atom. The molecule has 0 saturated carbocycles. The highest BCUT2D eigenvalue weighted by Gasteiger charge is 2.51. The molecule has 4 aromatic heterocycles. The van der Waals surface area contributed by atoms with Crippen LogP contribution in [-0.2, 0) is 15.0 Å². The Kier molecular flexibility index (Phi) is 4.62. The summed E-state index contributed by atoms with van der Waals surface area (Å²) in [5, 5.41) is 1.05. The lowest BCUT2D eigenvalue weighted by Gasteiger charge is -2.46. The molecule has 4 aromatic rings. The van der Waals surface area contributed by atoms with Crippen LogP contribution >= 0.6 is 0 Å². The maximum atomic E-state index is 6.25. The molecule has 1 atom stereocenters. The van der Waals surface area contributed by atoms with Crippen LogP contribution in [0, 0.1) is 0 Å². The lowest BCUT2D eigenvalue weighted by atomic mass is 9.83. The minimum Gasteiger partial charge on any atom is -0.347 e. The first-order valence-electron chi connectivity index (χ1n) is 11.2. The van der Waals surface area contributed by atoms with E-state index in [1.54, 1.807) is 6.20 Å². The van der Waals surface area contributed by atoms with Gasteiger partial charge in [0.1, 0.15) is 11.4 Å². The normalized spacial score (nSPS) is 22.9. The third-order valence-electron chi connectivity index (χ3n) is 6.69. The van der Waals surface area contributed by atoms with Crippen LogP contribution in [0.4, 0.5) is 5.82 Å². The predicted octanol–water partition coefficient (Wildman–Crippen LogP) is 4.53. The van der Waals surface area contributed by atoms with Crippen molar-refractivity contribution in [1.82, 2.24) is 14.4 Å². The summed E-state index contributed by atoms with van der Waals surface area (Å²) in [7, 11) is 0. The fraction of sp³-hybridized carbons (Fsp3) is 0.360. The first-order chi connectivity index (χ1) is 15.4. The summed E-state index contributed by atoms with van der Waals surface area (Å²) in [4.78, 5) is 11.9. The van der Waals surface area contributed by atoms with E-state index in [4.69, 9.17) is 14.5 Å². The van der Waals surface area contributed by atoms with Crippen LogP contribution in [-0.4, -0.2) is 40.4 Å². The lowest BCUT2D eigenvalue weighted by molar-refractivity contribution is -0.102. The number of aromatic nitrogens is 3. The highest BCUT2D eigenvalue weighted by atomic mass is 16.7. The zero-order chi connectivity index (χ0) is 20.7. The highest BCUT2D eigenvalue weighted by Crippen LogP contribution is 2.46. The molecule has 2 aliphatic heterocycles. The zero-order valence-electron chi connectivity index (χ0n) is 17.5. The van der Waals surface area contributed by atoms with Crippen molar-refractivity contribution < 1.29 is 9.47 Å². The number of hydrogen-bond acceptors (Lipinski definition) is 5. The van der Waals surface area contributed by atoms with Gasteiger partial charge in [-0.3, -0.25) is 0 Å². The van der Waals surface area contributed by atoms with Crippen molar-refractivity contribution in [3.8, 4) is 0 Å². The molecule has 0 spiro atoms. The number of ether oxygens (including phenoxy) is 2. The second kappa shape index (κ2) is 7.62. The maximum absolute atomic E-state index is 6.25. The Morgan fingerprint density at radius 2 is 1.84 bits per heavy atom. The Balaban J connectivity index is 1.59. The molecule has 0 aliphatic carbocycles. The molecule has 2 fully saturated rings. The van der Waals surface area contributed by atoms with E-state index in [0.29, 0.717) is 13.2 Å². The molecule has 1 unspecified atom stereocenters. The Labute approximate surface area is 181 Å². The number of rotatable bonds is 3. The Hall–Kier alpha value is -2.96. The molecular weight excluding hydrogens is 388 g/mol. The molecule has 2 aliphatic rings. The van der Waals surface area contributed by atoms with Crippen LogP contribution < -0.4 is 4.90 Å². The number of pyridine rings is 3. The van der Waals surface area contributed by atoms with Crippen LogP contribution in [0.2, 0.25) is 0 Å². The average molecular weight is 415 g/mol. The molecule has 2 saturated heterocycles. The summed E-state index contributed by atoms with van der Waals surface area (Å²) in [5.41, 5.74) is 2.75. The van der Waals surface area contributed by atoms with Crippen molar-refractivity contribution in [2.75, 3.05) is 24.7 Å². The van der Waals surface area contributed by atoms with E-state index < -0.39 is 5.54 Å². The van der Waals surface area contributed by atoms with Crippen molar-refractivity contribution in [2.45, 2.75) is 37.5 Å². The number of hydrogen-bond donors (Lipinski definition) is 0. The lowest BCUT2D eigenvalue weighted by Crippen LogP contribution is -2.55. The predicted molar refractivity (Wildman–Crippen MR) is 120 cm³/mol. The third kappa shape index (κ3) is 3.01. The van der Waals surface area contributed by atoms with Gasteiger partial charge in [0.15, 0.2) is 11.9 Å². The van der Waals surface area contributed by atoms with Crippen LogP contribution in [0.25, 0.3) is 16.6 Å². The molecular formula is C25H26N4O2. The first kappa shape index (κ1) is 18.8. The fourth-order valence-electron chi connectivity index (χ4n) is 5.29. The van der Waals surface area contributed by atoms with E-state index in [0.717, 1.165) is 42.7 Å². The van der Waals surface area contributed by atoms with Crippen LogP contribution in [0.15, 0.2) is 67.1 Å². The van der Waals surface area contributed by atoms with Gasteiger partial charge in [0, 0.05) is 36.1 Å². The molecule has 0 amide bonds. The average Bonchev–Trinajstić information content (AvgIpc) is 3.46. The largest absolute Gasteiger partial charge is 0.347 e. The summed E-state index contributed by atoms with van der Waals surface area (Å²) >= 11 is 0. The smallest absolute Gasteiger partial charge is 0.185 e. The molecule has 6 rings (SSSR count). The molecule has 6 nitrogen and oxygen atoms in total. The van der Waals surface area contributed by atoms with Gasteiger partial charge in [-0.2, -0.15) is 0 Å². The van der Waals surface area contributed by atoms with E-state index in [2.05, 4.69) is 69.1 Å². The van der Waals surface area contributed by atoms with Crippen LogP contribution in [0.3, 0.4) is 0 Å². The maximum Gasteiger partial charge on any atom is 0.185 e. The quantitative estimate of drug-likeness (QED) is 0.493. The van der Waals surface area contributed by atoms with E-state index in [9.17, 15) is 0 Å². The summed E-state index contributed by atoms with van der Waals surface area (Å²) < 4.78 is 14.7. The van der Waals surface area contributed by atoms with E-state index in [-0.39, 0.29) is 6.29 Å². The van der Waals surface area contributed by atoms with Crippen molar-refractivity contribution in [3.05, 3.63) is 72.7 Å². The fourth-order valence-corrected chi connectivity index (χ4v) is 5.29. The standard InChI is InChI=1S/C25H26N4O2/c1-3-12-25(24-30-17-18-31-24,20-11-16-28-14-5-2-8-21(20)28)29(15-4-1)22-10-9-19-7-6-13-26-23(19)27-22/h2,5-11,13-14,16,24H,1,3-4,12,15,17-18H2. The van der Waals surface area contributed by atoms with Gasteiger partial charge in [-0.05, 0) is 55.3 Å². The van der Waals surface area contributed by atoms with E-state index in [1.807, 2.05) is 6.07 Å². The van der Waals surface area contributed by atoms with Crippen molar-refractivity contribution in [2.24, 2.45) is 0 Å². The van der Waals surface area contributed by atoms with Gasteiger partial charge < -0.3 is 18.8 Å². The summed E-state index contributed by atoms with van der Waals surface area (Å²) in [6.07, 6.45) is 10.1. The van der Waals surface area contributed by atoms with E-state index >= 15 is 0 Å². The second-order valence-corrected chi connectivity index (χ2v) is 8.40. The molecule has 31 heavy (non-hydrogen) atoms. The van der Waals surface area contributed by atoms with Gasteiger partial charge in [0.2, 0.25) is 0 Å². The first-order valence-corrected chi connectivity index (χ1v) is 11.2. The minimum absolute atomic E-state index is 0.335. The topological polar surface area (TPSA) is 51.9 Å². The highest BCUT2D eigenvalue weighted by molar-refractivity contribution is 5.77. The molecule has 0 bridgehead atoms. The minimum atomic E-state index is -0.446. The molecule has 0 aromatic carbocycles. The zero-order valence-corrected chi connectivity index (χ0v) is 17.5. The monoisotopic (exact) mass is 414 g/mol. The van der Waals surface area contributed by atoms with Gasteiger partial charge in [0.25, 0.3) is 0 Å². The van der Waals surface area contributed by atoms with Gasteiger partial charge >= 0.3 is 0 Å². The number of nitrogens with zero attached hydrogens (tertiary/aromatic N) is 4. The van der Waals surface area contributed by atoms with Gasteiger partial charge in [-0.1, -0.05) is 18.9 Å². The number of fused-ring (bicyclic) bond motifs is 2. The molecule has 158 valence electrons. The Morgan fingerprint density at radius 1 is 0.903 bits per heavy atom. The molecule has 0 N–H and O–H groups in total. The molecule has 6 heterocycles. The second-order valence-electron chi connectivity index (χ2n) is 8.40. The van der Waals surface area contributed by atoms with Gasteiger partial charge in [0.05, 0.1) is 18.7 Å². The van der Waals surface area contributed by atoms with Crippen molar-refractivity contribution >= 4 is 22.4 Å². The van der Waals surface area contributed by atoms with Gasteiger partial charge in [-0.15, -0.1) is 0 Å². The molecule has 6 heteroatoms. The third-order valence-corrected chi connectivity index (χ3v) is 6.69. The van der Waals surface area contributed by atoms with Crippen molar-refractivity contribution in [3.63, 3.8) is 0 Å². The molecule has 0 radical (unpaired) electrons. The summed E-state index contributed by atoms with van der Waals surface area (Å²) in [6, 6.07) is 16.8. The Bertz CT molecular complexity index is 1220. The number of anilines is 1.